The molecular formula is C31H46F5NO3S2. The smallest absolute Gasteiger partial charge is 0.310 e. The number of benzene rings is 1. The zero-order valence-corrected chi connectivity index (χ0v) is 27.3. The lowest BCUT2D eigenvalue weighted by Crippen LogP contribution is -2.30. The van der Waals surface area contributed by atoms with Crippen LogP contribution in [0.5, 0.6) is 0 Å². The molecule has 240 valence electrons. The number of nitrogens with zero attached hydrogens (tertiary/aromatic N) is 1. The summed E-state index contributed by atoms with van der Waals surface area (Å²) in [6, 6.07) is 2.38. The highest BCUT2D eigenvalue weighted by molar-refractivity contribution is 8.45. The predicted molar refractivity (Wildman–Crippen MR) is 166 cm³/mol. The highest BCUT2D eigenvalue weighted by Crippen LogP contribution is 3.02. The van der Waals surface area contributed by atoms with E-state index in [1.165, 1.54) is 12.8 Å². The Morgan fingerprint density at radius 1 is 1.05 bits per heavy atom. The van der Waals surface area contributed by atoms with Crippen LogP contribution in [-0.4, -0.2) is 34.7 Å². The molecule has 0 saturated carbocycles. The molecule has 2 aromatic rings. The van der Waals surface area contributed by atoms with E-state index in [0.29, 0.717) is 67.0 Å². The van der Waals surface area contributed by atoms with Gasteiger partial charge in [0.15, 0.2) is 0 Å². The van der Waals surface area contributed by atoms with Crippen LogP contribution in [0.4, 0.5) is 19.4 Å². The van der Waals surface area contributed by atoms with E-state index in [1.807, 2.05) is 33.8 Å². The van der Waals surface area contributed by atoms with Crippen LogP contribution in [0.3, 0.4) is 0 Å². The van der Waals surface area contributed by atoms with Crippen molar-refractivity contribution in [2.75, 3.05) is 19.5 Å². The van der Waals surface area contributed by atoms with E-state index in [4.69, 9.17) is 9.72 Å². The van der Waals surface area contributed by atoms with E-state index < -0.39 is 27.3 Å². The highest BCUT2D eigenvalue weighted by Gasteiger charge is 2.65. The third-order valence-electron chi connectivity index (χ3n) is 7.35. The summed E-state index contributed by atoms with van der Waals surface area (Å²) in [5.74, 6) is -0.162. The number of pyridine rings is 1. The second-order valence-corrected chi connectivity index (χ2v) is 14.3. The largest absolute Gasteiger partial charge is 0.388 e. The summed E-state index contributed by atoms with van der Waals surface area (Å²) in [7, 11) is -9.85. The van der Waals surface area contributed by atoms with Gasteiger partial charge in [-0.3, -0.25) is 4.98 Å². The van der Waals surface area contributed by atoms with Gasteiger partial charge in [0, 0.05) is 22.5 Å². The van der Waals surface area contributed by atoms with Gasteiger partial charge in [-0.25, -0.2) is 0 Å². The minimum absolute atomic E-state index is 0.0313. The van der Waals surface area contributed by atoms with Crippen molar-refractivity contribution in [3.63, 3.8) is 0 Å². The highest BCUT2D eigenvalue weighted by atomic mass is 32.5. The molecule has 2 unspecified atom stereocenters. The molecule has 4 nitrogen and oxygen atoms in total. The molecule has 1 aliphatic carbocycles. The van der Waals surface area contributed by atoms with E-state index in [1.54, 1.807) is 6.26 Å². The van der Waals surface area contributed by atoms with Crippen molar-refractivity contribution in [3.8, 4) is 0 Å². The molecule has 2 heterocycles. The quantitative estimate of drug-likeness (QED) is 0.217. The number of ether oxygens (including phenoxy) is 1. The molecule has 0 spiro atoms. The maximum atomic E-state index is 13.3. The third-order valence-corrected chi connectivity index (χ3v) is 8.52. The number of hydrogen-bond acceptors (Lipinski definition) is 5. The second kappa shape index (κ2) is 13.1. The SMILES string of the molecule is CC(C)c1nc2c(c(C3=CCOCC3)c1C(O)c1ccc(S(F)(F)(F)(F)F)cc1)C(O)CC(C)(C)C2.CCCC.CS. The fourth-order valence-corrected chi connectivity index (χ4v) is 5.87. The first-order valence-electron chi connectivity index (χ1n) is 14.3. The number of aliphatic hydroxyl groups excluding tert-OH is 2. The van der Waals surface area contributed by atoms with Crippen LogP contribution >= 0.6 is 22.9 Å². The Balaban J connectivity index is 0.000000947. The van der Waals surface area contributed by atoms with Crippen LogP contribution in [0.2, 0.25) is 0 Å². The lowest BCUT2D eigenvalue weighted by molar-refractivity contribution is 0.0970. The molecule has 0 fully saturated rings. The Kier molecular flexibility index (Phi) is 11.4. The van der Waals surface area contributed by atoms with Crippen LogP contribution in [0.15, 0.2) is 35.2 Å². The van der Waals surface area contributed by atoms with E-state index in [9.17, 15) is 29.6 Å². The monoisotopic (exact) mass is 639 g/mol. The van der Waals surface area contributed by atoms with Crippen molar-refractivity contribution in [3.05, 3.63) is 64.0 Å². The number of unbranched alkanes of at least 4 members (excludes halogenated alkanes) is 1. The van der Waals surface area contributed by atoms with E-state index in [-0.39, 0.29) is 16.9 Å². The van der Waals surface area contributed by atoms with Gasteiger partial charge in [-0.15, -0.1) is 0 Å². The summed E-state index contributed by atoms with van der Waals surface area (Å²) in [6.07, 6.45) is 5.54. The van der Waals surface area contributed by atoms with Gasteiger partial charge in [0.25, 0.3) is 0 Å². The van der Waals surface area contributed by atoms with Gasteiger partial charge in [-0.1, -0.05) is 92.0 Å². The first-order valence-corrected chi connectivity index (χ1v) is 17.1. The Morgan fingerprint density at radius 3 is 2.07 bits per heavy atom. The number of hydrogen-bond donors (Lipinski definition) is 3. The second-order valence-electron chi connectivity index (χ2n) is 11.9. The number of fused-ring (bicyclic) bond motifs is 1. The Hall–Kier alpha value is -1.66. The van der Waals surface area contributed by atoms with Gasteiger partial charge >= 0.3 is 10.2 Å². The van der Waals surface area contributed by atoms with Crippen LogP contribution in [-0.2, 0) is 11.2 Å². The molecule has 0 bridgehead atoms. The average molecular weight is 640 g/mol. The molecular weight excluding hydrogens is 593 g/mol. The maximum Gasteiger partial charge on any atom is 0.310 e. The number of halogens is 5. The van der Waals surface area contributed by atoms with Crippen LogP contribution in [0.25, 0.3) is 5.57 Å². The molecule has 0 amide bonds. The van der Waals surface area contributed by atoms with Crippen molar-refractivity contribution in [2.45, 2.75) is 96.7 Å². The molecule has 1 aromatic heterocycles. The van der Waals surface area contributed by atoms with Crippen molar-refractivity contribution >= 4 is 28.4 Å². The van der Waals surface area contributed by atoms with Gasteiger partial charge in [-0.05, 0) is 65.7 Å². The fourth-order valence-electron chi connectivity index (χ4n) is 5.22. The molecule has 11 heteroatoms. The Morgan fingerprint density at radius 2 is 1.62 bits per heavy atom. The minimum atomic E-state index is -9.85. The maximum absolute atomic E-state index is 13.3. The minimum Gasteiger partial charge on any atom is -0.388 e. The van der Waals surface area contributed by atoms with Crippen LogP contribution in [0, 0.1) is 5.41 Å². The van der Waals surface area contributed by atoms with Gasteiger partial charge in [-0.2, -0.15) is 12.6 Å². The molecule has 2 aliphatic rings. The van der Waals surface area contributed by atoms with Crippen molar-refractivity contribution in [2.24, 2.45) is 5.41 Å². The topological polar surface area (TPSA) is 62.6 Å². The normalized spacial score (nSPS) is 20.5. The van der Waals surface area contributed by atoms with Gasteiger partial charge < -0.3 is 14.9 Å². The van der Waals surface area contributed by atoms with Gasteiger partial charge in [0.2, 0.25) is 0 Å². The number of rotatable bonds is 6. The summed E-state index contributed by atoms with van der Waals surface area (Å²) in [4.78, 5) is 2.86. The van der Waals surface area contributed by atoms with Gasteiger partial charge in [0.1, 0.15) is 11.0 Å². The number of thiol groups is 1. The number of aromatic nitrogens is 1. The average Bonchev–Trinajstić information content (AvgIpc) is 2.91. The van der Waals surface area contributed by atoms with E-state index >= 15 is 0 Å². The molecule has 2 atom stereocenters. The molecule has 4 rings (SSSR count). The standard InChI is InChI=1S/C26H32F5NO3S.C4H10.CH4S/c1-15(2)24-23(25(34)17-5-7-18(8-6-17)36(27,28,29,30)31)21(16-9-11-35-12-10-16)22-19(32-24)13-26(3,4)14-20(22)33;1-3-4-2;1-2/h5-9,15,20,25,33-34H,10-14H2,1-4H3;3-4H2,1-2H3;2H,1H3. The molecule has 1 aromatic carbocycles. The van der Waals surface area contributed by atoms with Crippen molar-refractivity contribution in [1.82, 2.24) is 4.98 Å². The zero-order valence-electron chi connectivity index (χ0n) is 25.6. The first-order chi connectivity index (χ1) is 19.3. The van der Waals surface area contributed by atoms with Gasteiger partial charge in [0.05, 0.1) is 19.3 Å². The van der Waals surface area contributed by atoms with Crippen molar-refractivity contribution in [1.29, 1.82) is 0 Å². The molecule has 0 radical (unpaired) electrons. The summed E-state index contributed by atoms with van der Waals surface area (Å²) in [6.45, 7) is 13.0. The molecule has 2 N–H and O–H groups in total. The zero-order chi connectivity index (χ0) is 32.2. The summed E-state index contributed by atoms with van der Waals surface area (Å²) < 4.78 is 71.7. The summed E-state index contributed by atoms with van der Waals surface area (Å²) >= 11 is 3.53. The fraction of sp³-hybridized carbons (Fsp3) is 0.581. The van der Waals surface area contributed by atoms with E-state index in [2.05, 4.69) is 26.5 Å². The summed E-state index contributed by atoms with van der Waals surface area (Å²) in [5, 5.41) is 22.7. The first kappa shape index (κ1) is 36.5. The summed E-state index contributed by atoms with van der Waals surface area (Å²) in [5.41, 5.74) is 3.63. The molecule has 0 saturated heterocycles. The predicted octanol–water partition coefficient (Wildman–Crippen LogP) is 10.1. The Labute approximate surface area is 252 Å². The van der Waals surface area contributed by atoms with Crippen LogP contribution < -0.4 is 0 Å². The van der Waals surface area contributed by atoms with E-state index in [0.717, 1.165) is 23.4 Å². The number of aliphatic hydroxyl groups is 2. The molecule has 1 aliphatic heterocycles. The lowest BCUT2D eigenvalue weighted by atomic mass is 9.71. The van der Waals surface area contributed by atoms with Crippen LogP contribution in [0.1, 0.15) is 119 Å². The third kappa shape index (κ3) is 8.94. The molecule has 42 heavy (non-hydrogen) atoms. The lowest BCUT2D eigenvalue weighted by Gasteiger charge is -2.40. The van der Waals surface area contributed by atoms with Crippen molar-refractivity contribution < 1.29 is 34.4 Å². The Bertz CT molecular complexity index is 1250.